The Morgan fingerprint density at radius 1 is 1.12 bits per heavy atom. The molecular weight excluding hydrogens is 352 g/mol. The van der Waals surface area contributed by atoms with Crippen molar-refractivity contribution >= 4 is 21.6 Å². The van der Waals surface area contributed by atoms with E-state index in [0.717, 1.165) is 23.1 Å². The Morgan fingerprint density at radius 3 is 2.19 bits per heavy atom. The Morgan fingerprint density at radius 2 is 1.69 bits per heavy atom. The first-order chi connectivity index (χ1) is 12.2. The highest BCUT2D eigenvalue weighted by molar-refractivity contribution is 7.92. The predicted octanol–water partition coefficient (Wildman–Crippen LogP) is 2.51. The van der Waals surface area contributed by atoms with Crippen LogP contribution < -0.4 is 14.4 Å². The van der Waals surface area contributed by atoms with Crippen molar-refractivity contribution in [3.8, 4) is 5.75 Å². The summed E-state index contributed by atoms with van der Waals surface area (Å²) >= 11 is 0. The van der Waals surface area contributed by atoms with Crippen LogP contribution in [0.3, 0.4) is 0 Å². The van der Waals surface area contributed by atoms with E-state index < -0.39 is 10.0 Å². The van der Waals surface area contributed by atoms with Crippen molar-refractivity contribution in [1.29, 1.82) is 0 Å². The average Bonchev–Trinajstić information content (AvgIpc) is 2.61. The number of rotatable bonds is 7. The van der Waals surface area contributed by atoms with Crippen LogP contribution in [0, 0.1) is 0 Å². The van der Waals surface area contributed by atoms with Crippen molar-refractivity contribution in [3.63, 3.8) is 0 Å². The second kappa shape index (κ2) is 8.23. The number of nitrogens with zero attached hydrogens (tertiary/aromatic N) is 1. The molecule has 0 unspecified atom stereocenters. The molecule has 2 rings (SSSR count). The van der Waals surface area contributed by atoms with Gasteiger partial charge in [0.15, 0.2) is 0 Å². The maximum absolute atomic E-state index is 12.3. The number of benzene rings is 2. The summed E-state index contributed by atoms with van der Waals surface area (Å²) in [6.07, 6.45) is 1.37. The van der Waals surface area contributed by atoms with Gasteiger partial charge in [-0.1, -0.05) is 24.3 Å². The van der Waals surface area contributed by atoms with Gasteiger partial charge in [0, 0.05) is 7.05 Å². The fourth-order valence-corrected chi connectivity index (χ4v) is 2.97. The maximum atomic E-state index is 12.3. The molecule has 0 radical (unpaired) electrons. The first kappa shape index (κ1) is 19.8. The Bertz CT molecular complexity index is 846. The Balaban J connectivity index is 1.96. The summed E-state index contributed by atoms with van der Waals surface area (Å²) in [4.78, 5) is 12.3. The molecule has 6 nitrogen and oxygen atoms in total. The molecule has 2 aromatic rings. The maximum Gasteiger partial charge on any atom is 0.231 e. The van der Waals surface area contributed by atoms with Crippen molar-refractivity contribution in [2.45, 2.75) is 19.4 Å². The van der Waals surface area contributed by atoms with Gasteiger partial charge in [-0.15, -0.1) is 0 Å². The number of hydrogen-bond donors (Lipinski definition) is 1. The van der Waals surface area contributed by atoms with Crippen molar-refractivity contribution in [3.05, 3.63) is 59.7 Å². The number of anilines is 1. The summed E-state index contributed by atoms with van der Waals surface area (Å²) in [5.74, 6) is 0.670. The molecule has 26 heavy (non-hydrogen) atoms. The molecule has 0 saturated heterocycles. The topological polar surface area (TPSA) is 75.7 Å². The molecule has 0 heterocycles. The molecule has 1 atom stereocenters. The SMILES string of the molecule is COc1ccc([C@@H](C)NC(=O)Cc2ccc(N(C)S(C)(=O)=O)cc2)cc1. The summed E-state index contributed by atoms with van der Waals surface area (Å²) in [5, 5.41) is 2.96. The van der Waals surface area contributed by atoms with Gasteiger partial charge in [-0.05, 0) is 42.3 Å². The lowest BCUT2D eigenvalue weighted by molar-refractivity contribution is -0.121. The molecule has 0 aliphatic carbocycles. The zero-order valence-electron chi connectivity index (χ0n) is 15.4. The third-order valence-corrected chi connectivity index (χ3v) is 5.36. The number of amides is 1. The minimum Gasteiger partial charge on any atom is -0.497 e. The van der Waals surface area contributed by atoms with Crippen LogP contribution in [0.2, 0.25) is 0 Å². The van der Waals surface area contributed by atoms with E-state index in [1.807, 2.05) is 31.2 Å². The van der Waals surface area contributed by atoms with Crippen LogP contribution >= 0.6 is 0 Å². The minimum atomic E-state index is -3.30. The summed E-state index contributed by atoms with van der Waals surface area (Å²) in [6, 6.07) is 14.3. The number of methoxy groups -OCH3 is 1. The van der Waals surface area contributed by atoms with E-state index >= 15 is 0 Å². The summed E-state index contributed by atoms with van der Waals surface area (Å²) < 4.78 is 29.4. The fourth-order valence-electron chi connectivity index (χ4n) is 2.47. The summed E-state index contributed by atoms with van der Waals surface area (Å²) in [7, 11) is -0.194. The quantitative estimate of drug-likeness (QED) is 0.806. The smallest absolute Gasteiger partial charge is 0.231 e. The van der Waals surface area contributed by atoms with E-state index in [9.17, 15) is 13.2 Å². The highest BCUT2D eigenvalue weighted by atomic mass is 32.2. The van der Waals surface area contributed by atoms with Gasteiger partial charge in [0.1, 0.15) is 5.75 Å². The molecule has 0 aromatic heterocycles. The van der Waals surface area contributed by atoms with Gasteiger partial charge in [0.05, 0.1) is 31.5 Å². The monoisotopic (exact) mass is 376 g/mol. The Kier molecular flexibility index (Phi) is 6.26. The second-order valence-corrected chi connectivity index (χ2v) is 8.15. The molecule has 0 bridgehead atoms. The highest BCUT2D eigenvalue weighted by Gasteiger charge is 2.13. The molecule has 0 spiro atoms. The fraction of sp³-hybridized carbons (Fsp3) is 0.316. The van der Waals surface area contributed by atoms with Crippen molar-refractivity contribution in [2.24, 2.45) is 0 Å². The van der Waals surface area contributed by atoms with Crippen molar-refractivity contribution in [2.75, 3.05) is 24.7 Å². The van der Waals surface area contributed by atoms with Gasteiger partial charge in [-0.25, -0.2) is 8.42 Å². The summed E-state index contributed by atoms with van der Waals surface area (Å²) in [5.41, 5.74) is 2.36. The van der Waals surface area contributed by atoms with Gasteiger partial charge in [0.25, 0.3) is 0 Å². The van der Waals surface area contributed by atoms with Crippen LogP contribution in [0.5, 0.6) is 5.75 Å². The van der Waals surface area contributed by atoms with Gasteiger partial charge < -0.3 is 10.1 Å². The lowest BCUT2D eigenvalue weighted by atomic mass is 10.1. The van der Waals surface area contributed by atoms with Crippen molar-refractivity contribution < 1.29 is 17.9 Å². The molecule has 7 heteroatoms. The van der Waals surface area contributed by atoms with Crippen LogP contribution in [0.4, 0.5) is 5.69 Å². The first-order valence-electron chi connectivity index (χ1n) is 8.17. The molecule has 0 aliphatic heterocycles. The molecule has 0 fully saturated rings. The van der Waals surface area contributed by atoms with Crippen LogP contribution in [0.15, 0.2) is 48.5 Å². The first-order valence-corrected chi connectivity index (χ1v) is 10.0. The van der Waals surface area contributed by atoms with Crippen LogP contribution in [0.1, 0.15) is 24.1 Å². The third-order valence-electron chi connectivity index (χ3n) is 4.16. The van der Waals surface area contributed by atoms with Crippen molar-refractivity contribution in [1.82, 2.24) is 5.32 Å². The van der Waals surface area contributed by atoms with E-state index in [-0.39, 0.29) is 18.4 Å². The third kappa shape index (κ3) is 5.23. The molecule has 0 aliphatic rings. The van der Waals surface area contributed by atoms with E-state index in [1.165, 1.54) is 11.4 Å². The number of sulfonamides is 1. The number of hydrogen-bond acceptors (Lipinski definition) is 4. The standard InChI is InChI=1S/C19H24N2O4S/c1-14(16-7-11-18(25-3)12-8-16)20-19(22)13-15-5-9-17(10-6-15)21(2)26(4,23)24/h5-12,14H,13H2,1-4H3,(H,20,22)/t14-/m1/s1. The molecule has 0 saturated carbocycles. The van der Waals surface area contributed by atoms with Gasteiger partial charge in [-0.3, -0.25) is 9.10 Å². The number of carbonyl (C=O) groups excluding carboxylic acids is 1. The normalized spacial score (nSPS) is 12.3. The largest absolute Gasteiger partial charge is 0.497 e. The average molecular weight is 376 g/mol. The highest BCUT2D eigenvalue weighted by Crippen LogP contribution is 2.19. The lowest BCUT2D eigenvalue weighted by Crippen LogP contribution is -2.28. The molecule has 2 aromatic carbocycles. The van der Waals surface area contributed by atoms with Crippen LogP contribution in [0.25, 0.3) is 0 Å². The lowest BCUT2D eigenvalue weighted by Gasteiger charge is -2.17. The minimum absolute atomic E-state index is 0.0995. The number of carbonyl (C=O) groups is 1. The van der Waals surface area contributed by atoms with E-state index in [2.05, 4.69) is 5.32 Å². The summed E-state index contributed by atoms with van der Waals surface area (Å²) in [6.45, 7) is 1.92. The van der Waals surface area contributed by atoms with Crippen LogP contribution in [-0.2, 0) is 21.2 Å². The predicted molar refractivity (Wildman–Crippen MR) is 103 cm³/mol. The van der Waals surface area contributed by atoms with E-state index in [1.54, 1.807) is 31.4 Å². The van der Waals surface area contributed by atoms with Gasteiger partial charge in [-0.2, -0.15) is 0 Å². The number of nitrogens with one attached hydrogen (secondary N) is 1. The molecule has 140 valence electrons. The van der Waals surface area contributed by atoms with E-state index in [4.69, 9.17) is 4.74 Å². The zero-order valence-corrected chi connectivity index (χ0v) is 16.2. The molecular formula is C19H24N2O4S. The number of ether oxygens (including phenoxy) is 1. The Labute approximate surface area is 154 Å². The zero-order chi connectivity index (χ0) is 19.3. The van der Waals surface area contributed by atoms with Gasteiger partial charge in [0.2, 0.25) is 15.9 Å². The molecule has 1 amide bonds. The van der Waals surface area contributed by atoms with Gasteiger partial charge >= 0.3 is 0 Å². The Hall–Kier alpha value is -2.54. The molecule has 1 N–H and O–H groups in total. The van der Waals surface area contributed by atoms with E-state index in [0.29, 0.717) is 5.69 Å². The second-order valence-electron chi connectivity index (χ2n) is 6.14. The van der Waals surface area contributed by atoms with Crippen LogP contribution in [-0.4, -0.2) is 34.7 Å².